The third-order valence-corrected chi connectivity index (χ3v) is 3.73. The molecule has 1 fully saturated rings. The molecular formula is C14H20BrNO3. The zero-order valence-electron chi connectivity index (χ0n) is 11.3. The van der Waals surface area contributed by atoms with E-state index in [4.69, 9.17) is 4.74 Å². The minimum atomic E-state index is -0.314. The number of aliphatic hydroxyl groups excluding tert-OH is 2. The Hall–Kier alpha value is -0.620. The van der Waals surface area contributed by atoms with E-state index in [2.05, 4.69) is 20.8 Å². The summed E-state index contributed by atoms with van der Waals surface area (Å²) in [6.07, 6.45) is -0.195. The van der Waals surface area contributed by atoms with E-state index in [0.717, 1.165) is 22.3 Å². The molecule has 1 unspecified atom stereocenters. The normalized spacial score (nSPS) is 22.6. The summed E-state index contributed by atoms with van der Waals surface area (Å²) in [7, 11) is 0. The van der Waals surface area contributed by atoms with Gasteiger partial charge in [0.25, 0.3) is 0 Å². The van der Waals surface area contributed by atoms with Crippen LogP contribution in [-0.4, -0.2) is 41.6 Å². The fourth-order valence-electron chi connectivity index (χ4n) is 2.56. The van der Waals surface area contributed by atoms with Crippen LogP contribution in [0.1, 0.15) is 19.4 Å². The average molecular weight is 330 g/mol. The van der Waals surface area contributed by atoms with Gasteiger partial charge >= 0.3 is 0 Å². The van der Waals surface area contributed by atoms with Crippen LogP contribution in [-0.2, 0) is 11.3 Å². The summed E-state index contributed by atoms with van der Waals surface area (Å²) in [4.78, 5) is 2.17. The van der Waals surface area contributed by atoms with Gasteiger partial charge in [-0.2, -0.15) is 0 Å². The monoisotopic (exact) mass is 329 g/mol. The number of halogens is 1. The van der Waals surface area contributed by atoms with Crippen molar-refractivity contribution in [3.05, 3.63) is 28.2 Å². The maximum Gasteiger partial charge on any atom is 0.0988 e. The number of nitrogens with zero attached hydrogens (tertiary/aromatic N) is 1. The van der Waals surface area contributed by atoms with E-state index < -0.39 is 0 Å². The molecule has 19 heavy (non-hydrogen) atoms. The van der Waals surface area contributed by atoms with Crippen molar-refractivity contribution in [3.63, 3.8) is 0 Å². The van der Waals surface area contributed by atoms with Crippen molar-refractivity contribution >= 4 is 21.6 Å². The van der Waals surface area contributed by atoms with E-state index in [9.17, 15) is 10.2 Å². The van der Waals surface area contributed by atoms with Crippen molar-refractivity contribution < 1.29 is 14.9 Å². The van der Waals surface area contributed by atoms with Gasteiger partial charge in [0, 0.05) is 28.8 Å². The van der Waals surface area contributed by atoms with E-state index in [1.807, 2.05) is 32.0 Å². The van der Waals surface area contributed by atoms with Crippen LogP contribution in [0.3, 0.4) is 0 Å². The molecule has 1 saturated heterocycles. The van der Waals surface area contributed by atoms with Gasteiger partial charge in [-0.05, 0) is 32.0 Å². The Morgan fingerprint density at radius 3 is 2.79 bits per heavy atom. The van der Waals surface area contributed by atoms with Gasteiger partial charge < -0.3 is 19.8 Å². The van der Waals surface area contributed by atoms with Crippen molar-refractivity contribution in [2.75, 3.05) is 24.6 Å². The standard InChI is InChI=1S/C14H20BrNO3/c1-14(2)9-16(6-12(8-18)19-14)13-4-3-11(15)5-10(13)7-17/h3-5,12,17-18H,6-9H2,1-2H3. The molecule has 2 rings (SSSR count). The molecule has 0 aromatic heterocycles. The lowest BCUT2D eigenvalue weighted by molar-refractivity contribution is -0.101. The Balaban J connectivity index is 2.30. The zero-order valence-corrected chi connectivity index (χ0v) is 12.9. The molecule has 1 aliphatic rings. The van der Waals surface area contributed by atoms with E-state index >= 15 is 0 Å². The van der Waals surface area contributed by atoms with Crippen LogP contribution >= 0.6 is 15.9 Å². The molecule has 1 aliphatic heterocycles. The SMILES string of the molecule is CC1(C)CN(c2ccc(Br)cc2CO)CC(CO)O1. The number of rotatable bonds is 3. The summed E-state index contributed by atoms with van der Waals surface area (Å²) in [6.45, 7) is 5.40. The van der Waals surface area contributed by atoms with Crippen molar-refractivity contribution in [1.82, 2.24) is 0 Å². The second-order valence-electron chi connectivity index (χ2n) is 5.49. The first-order chi connectivity index (χ1) is 8.95. The van der Waals surface area contributed by atoms with Gasteiger partial charge in [0.2, 0.25) is 0 Å². The molecule has 5 heteroatoms. The molecule has 106 valence electrons. The van der Waals surface area contributed by atoms with Gasteiger partial charge in [0.15, 0.2) is 0 Å². The van der Waals surface area contributed by atoms with Gasteiger partial charge in [0.05, 0.1) is 24.9 Å². The smallest absolute Gasteiger partial charge is 0.0988 e. The van der Waals surface area contributed by atoms with Crippen molar-refractivity contribution in [2.45, 2.75) is 32.2 Å². The number of benzene rings is 1. The van der Waals surface area contributed by atoms with Gasteiger partial charge in [-0.25, -0.2) is 0 Å². The highest BCUT2D eigenvalue weighted by atomic mass is 79.9. The van der Waals surface area contributed by atoms with Crippen LogP contribution in [0.2, 0.25) is 0 Å². The molecule has 1 heterocycles. The van der Waals surface area contributed by atoms with Crippen molar-refractivity contribution in [3.8, 4) is 0 Å². The van der Waals surface area contributed by atoms with Crippen LogP contribution in [0.5, 0.6) is 0 Å². The summed E-state index contributed by atoms with van der Waals surface area (Å²) >= 11 is 3.41. The summed E-state index contributed by atoms with van der Waals surface area (Å²) in [5, 5.41) is 18.8. The number of hydrogen-bond acceptors (Lipinski definition) is 4. The quantitative estimate of drug-likeness (QED) is 0.889. The summed E-state index contributed by atoms with van der Waals surface area (Å²) in [5.41, 5.74) is 1.56. The van der Waals surface area contributed by atoms with E-state index in [1.54, 1.807) is 0 Å². The molecule has 1 aromatic rings. The average Bonchev–Trinajstić information content (AvgIpc) is 2.36. The highest BCUT2D eigenvalue weighted by Gasteiger charge is 2.33. The highest BCUT2D eigenvalue weighted by molar-refractivity contribution is 9.10. The largest absolute Gasteiger partial charge is 0.394 e. The number of anilines is 1. The lowest BCUT2D eigenvalue weighted by atomic mass is 10.0. The molecular weight excluding hydrogens is 310 g/mol. The van der Waals surface area contributed by atoms with Crippen LogP contribution in [0.25, 0.3) is 0 Å². The fourth-order valence-corrected chi connectivity index (χ4v) is 2.97. The molecule has 1 aromatic carbocycles. The predicted octanol–water partition coefficient (Wildman–Crippen LogP) is 1.92. The van der Waals surface area contributed by atoms with Gasteiger partial charge in [-0.15, -0.1) is 0 Å². The van der Waals surface area contributed by atoms with Crippen LogP contribution < -0.4 is 4.90 Å². The van der Waals surface area contributed by atoms with Crippen molar-refractivity contribution in [2.24, 2.45) is 0 Å². The Labute approximate surface area is 122 Å². The molecule has 0 saturated carbocycles. The van der Waals surface area contributed by atoms with Crippen LogP contribution in [0.4, 0.5) is 5.69 Å². The first-order valence-electron chi connectivity index (χ1n) is 6.38. The highest BCUT2D eigenvalue weighted by Crippen LogP contribution is 2.30. The van der Waals surface area contributed by atoms with E-state index in [-0.39, 0.29) is 24.9 Å². The second kappa shape index (κ2) is 5.79. The first kappa shape index (κ1) is 14.8. The van der Waals surface area contributed by atoms with Gasteiger partial charge in [-0.1, -0.05) is 15.9 Å². The number of morpholine rings is 1. The number of hydrogen-bond donors (Lipinski definition) is 2. The molecule has 0 spiro atoms. The van der Waals surface area contributed by atoms with Gasteiger partial charge in [-0.3, -0.25) is 0 Å². The Kier molecular flexibility index (Phi) is 4.50. The minimum Gasteiger partial charge on any atom is -0.394 e. The summed E-state index contributed by atoms with van der Waals surface area (Å²) < 4.78 is 6.76. The maximum absolute atomic E-state index is 9.50. The number of aliphatic hydroxyl groups is 2. The predicted molar refractivity (Wildman–Crippen MR) is 78.3 cm³/mol. The summed E-state index contributed by atoms with van der Waals surface area (Å²) in [5.74, 6) is 0. The van der Waals surface area contributed by atoms with Crippen LogP contribution in [0.15, 0.2) is 22.7 Å². The first-order valence-corrected chi connectivity index (χ1v) is 7.17. The Morgan fingerprint density at radius 1 is 1.42 bits per heavy atom. The van der Waals surface area contributed by atoms with Crippen molar-refractivity contribution in [1.29, 1.82) is 0 Å². The van der Waals surface area contributed by atoms with Crippen LogP contribution in [0, 0.1) is 0 Å². The lowest BCUT2D eigenvalue weighted by Crippen LogP contribution is -2.54. The molecule has 2 N–H and O–H groups in total. The molecule has 1 atom stereocenters. The lowest BCUT2D eigenvalue weighted by Gasteiger charge is -2.44. The zero-order chi connectivity index (χ0) is 14.0. The van der Waals surface area contributed by atoms with E-state index in [1.165, 1.54) is 0 Å². The third kappa shape index (κ3) is 3.48. The number of ether oxygens (including phenoxy) is 1. The molecule has 0 aliphatic carbocycles. The molecule has 0 radical (unpaired) electrons. The summed E-state index contributed by atoms with van der Waals surface area (Å²) in [6, 6.07) is 5.88. The molecule has 4 nitrogen and oxygen atoms in total. The minimum absolute atomic E-state index is 0.00362. The maximum atomic E-state index is 9.50. The van der Waals surface area contributed by atoms with E-state index in [0.29, 0.717) is 6.54 Å². The topological polar surface area (TPSA) is 52.9 Å². The molecule has 0 bridgehead atoms. The Bertz CT molecular complexity index is 450. The molecule has 0 amide bonds. The van der Waals surface area contributed by atoms with Gasteiger partial charge in [0.1, 0.15) is 0 Å². The fraction of sp³-hybridized carbons (Fsp3) is 0.571. The Morgan fingerprint density at radius 2 is 2.16 bits per heavy atom. The third-order valence-electron chi connectivity index (χ3n) is 3.24. The second-order valence-corrected chi connectivity index (χ2v) is 6.41.